The van der Waals surface area contributed by atoms with Gasteiger partial charge >= 0.3 is 0 Å². The third-order valence-corrected chi connectivity index (χ3v) is 12.2. The Kier molecular flexibility index (Phi) is 12.5. The quantitative estimate of drug-likeness (QED) is 0.109. The Morgan fingerprint density at radius 1 is 0.171 bits per heavy atom. The van der Waals surface area contributed by atoms with Crippen LogP contribution < -0.4 is 19.3 Å². The first-order valence-corrected chi connectivity index (χ1v) is 23.6. The number of ether oxygens (including phenoxy) is 2. The summed E-state index contributed by atoms with van der Waals surface area (Å²) < 4.78 is 13.8. The molecule has 0 aromatic heterocycles. The van der Waals surface area contributed by atoms with Crippen molar-refractivity contribution in [2.24, 2.45) is 0 Å². The van der Waals surface area contributed by atoms with Crippen LogP contribution in [0.4, 0.5) is 34.1 Å². The minimum absolute atomic E-state index is 0.647. The highest BCUT2D eigenvalue weighted by Gasteiger charge is 2.19. The molecule has 0 saturated heterocycles. The van der Waals surface area contributed by atoms with Gasteiger partial charge in [-0.2, -0.15) is 0 Å². The Morgan fingerprint density at radius 2 is 0.457 bits per heavy atom. The Morgan fingerprint density at radius 3 is 0.829 bits per heavy atom. The van der Waals surface area contributed by atoms with E-state index in [-0.39, 0.29) is 0 Å². The summed E-state index contributed by atoms with van der Waals surface area (Å²) in [5, 5.41) is 0. The van der Waals surface area contributed by atoms with Crippen LogP contribution in [0.25, 0.3) is 44.5 Å². The van der Waals surface area contributed by atoms with Gasteiger partial charge in [0, 0.05) is 40.9 Å². The second kappa shape index (κ2) is 20.2. The number of benzene rings is 11. The van der Waals surface area contributed by atoms with Crippen LogP contribution in [0.2, 0.25) is 0 Å². The van der Waals surface area contributed by atoms with Gasteiger partial charge in [-0.05, 0) is 129 Å². The van der Waals surface area contributed by atoms with Gasteiger partial charge in [0.2, 0.25) is 0 Å². The Labute approximate surface area is 410 Å². The summed E-state index contributed by atoms with van der Waals surface area (Å²) in [6.45, 7) is 0. The lowest BCUT2D eigenvalue weighted by Crippen LogP contribution is -2.10. The van der Waals surface area contributed by atoms with Gasteiger partial charge in [-0.3, -0.25) is 0 Å². The molecule has 0 atom stereocenters. The molecule has 0 amide bonds. The highest BCUT2D eigenvalue weighted by atomic mass is 16.5. The summed E-state index contributed by atoms with van der Waals surface area (Å²) in [5.74, 6) is 2.68. The number of hydrogen-bond acceptors (Lipinski definition) is 4. The normalized spacial score (nSPS) is 10.9. The average molecular weight is 901 g/mol. The monoisotopic (exact) mass is 900 g/mol. The van der Waals surface area contributed by atoms with E-state index in [4.69, 9.17) is 9.47 Å². The maximum Gasteiger partial charge on any atom is 0.131 e. The van der Waals surface area contributed by atoms with E-state index in [0.29, 0.717) is 23.0 Å². The third-order valence-electron chi connectivity index (χ3n) is 12.2. The van der Waals surface area contributed by atoms with Crippen molar-refractivity contribution in [3.05, 3.63) is 291 Å². The molecular formula is C66H48N2O2. The van der Waals surface area contributed by atoms with Gasteiger partial charge < -0.3 is 19.3 Å². The number of nitrogens with zero attached hydrogens (tertiary/aromatic N) is 2. The molecule has 0 aliphatic rings. The van der Waals surface area contributed by atoms with Crippen LogP contribution in [-0.2, 0) is 0 Å². The van der Waals surface area contributed by atoms with Crippen LogP contribution in [0.1, 0.15) is 0 Å². The predicted molar refractivity (Wildman–Crippen MR) is 291 cm³/mol. The highest BCUT2D eigenvalue weighted by molar-refractivity contribution is 5.85. The Hall–Kier alpha value is -9.38. The molecule has 4 nitrogen and oxygen atoms in total. The van der Waals surface area contributed by atoms with Crippen LogP contribution in [-0.4, -0.2) is 0 Å². The fourth-order valence-electron chi connectivity index (χ4n) is 8.97. The highest BCUT2D eigenvalue weighted by Crippen LogP contribution is 2.44. The van der Waals surface area contributed by atoms with E-state index < -0.39 is 0 Å². The first kappa shape index (κ1) is 43.2. The lowest BCUT2D eigenvalue weighted by molar-refractivity contribution is 0.460. The van der Waals surface area contributed by atoms with Crippen molar-refractivity contribution in [2.75, 3.05) is 9.80 Å². The zero-order valence-electron chi connectivity index (χ0n) is 38.4. The van der Waals surface area contributed by atoms with Crippen molar-refractivity contribution in [2.45, 2.75) is 0 Å². The van der Waals surface area contributed by atoms with Crippen LogP contribution in [0.3, 0.4) is 0 Å². The minimum atomic E-state index is 0.647. The summed E-state index contributed by atoms with van der Waals surface area (Å²) >= 11 is 0. The number of rotatable bonds is 14. The number of hydrogen-bond donors (Lipinski definition) is 0. The van der Waals surface area contributed by atoms with E-state index in [2.05, 4.69) is 265 Å². The second-order valence-electron chi connectivity index (χ2n) is 17.0. The molecule has 0 unspecified atom stereocenters. The molecule has 70 heavy (non-hydrogen) atoms. The largest absolute Gasteiger partial charge is 0.457 e. The molecule has 0 heterocycles. The Balaban J connectivity index is 0.970. The molecule has 0 spiro atoms. The van der Waals surface area contributed by atoms with Gasteiger partial charge in [-0.1, -0.05) is 188 Å². The van der Waals surface area contributed by atoms with E-state index in [1.54, 1.807) is 0 Å². The smallest absolute Gasteiger partial charge is 0.131 e. The fraction of sp³-hybridized carbons (Fsp3) is 0. The van der Waals surface area contributed by atoms with Crippen LogP contribution in [0.15, 0.2) is 291 Å². The van der Waals surface area contributed by atoms with Crippen molar-refractivity contribution in [1.29, 1.82) is 0 Å². The van der Waals surface area contributed by atoms with Crippen molar-refractivity contribution in [1.82, 2.24) is 0 Å². The number of anilines is 6. The van der Waals surface area contributed by atoms with Crippen molar-refractivity contribution < 1.29 is 9.47 Å². The third kappa shape index (κ3) is 9.84. The molecule has 0 saturated carbocycles. The average Bonchev–Trinajstić information content (AvgIpc) is 3.43. The molecule has 11 aromatic rings. The molecule has 0 aliphatic carbocycles. The molecular weight excluding hydrogens is 853 g/mol. The van der Waals surface area contributed by atoms with E-state index >= 15 is 0 Å². The molecule has 11 rings (SSSR count). The molecule has 0 fully saturated rings. The summed E-state index contributed by atoms with van der Waals surface area (Å²) in [4.78, 5) is 4.58. The lowest BCUT2D eigenvalue weighted by atomic mass is 10.0. The first-order valence-electron chi connectivity index (χ1n) is 23.6. The van der Waals surface area contributed by atoms with Gasteiger partial charge in [0.1, 0.15) is 23.0 Å². The lowest BCUT2D eigenvalue weighted by Gasteiger charge is -2.27. The van der Waals surface area contributed by atoms with Gasteiger partial charge in [0.25, 0.3) is 0 Å². The Bertz CT molecular complexity index is 3250. The van der Waals surface area contributed by atoms with E-state index in [1.165, 1.54) is 0 Å². The molecule has 334 valence electrons. The fourth-order valence-corrected chi connectivity index (χ4v) is 8.97. The van der Waals surface area contributed by atoms with Crippen LogP contribution >= 0.6 is 0 Å². The maximum atomic E-state index is 6.88. The molecule has 0 aliphatic heterocycles. The molecule has 4 heteroatoms. The van der Waals surface area contributed by atoms with Crippen molar-refractivity contribution >= 4 is 34.1 Å². The van der Waals surface area contributed by atoms with Crippen LogP contribution in [0.5, 0.6) is 23.0 Å². The van der Waals surface area contributed by atoms with E-state index in [1.807, 2.05) is 36.4 Å². The maximum absolute atomic E-state index is 6.88. The van der Waals surface area contributed by atoms with Gasteiger partial charge in [0.15, 0.2) is 0 Å². The van der Waals surface area contributed by atoms with Crippen molar-refractivity contribution in [3.63, 3.8) is 0 Å². The zero-order valence-corrected chi connectivity index (χ0v) is 38.4. The molecule has 11 aromatic carbocycles. The summed E-state index contributed by atoms with van der Waals surface area (Å²) in [6.07, 6.45) is 0. The summed E-state index contributed by atoms with van der Waals surface area (Å²) in [7, 11) is 0. The summed E-state index contributed by atoms with van der Waals surface area (Å²) in [5.41, 5.74) is 14.9. The SMILES string of the molecule is c1ccc(-c2cccc(N(c3ccccc3)c3cc(Oc4cccc(Oc5cc(-c6ccccc6)cc(N(c6ccccc6)c6cccc(-c7ccccc7)c6)c5)c4)cc(-c4ccccc4)c3)c2)cc1. The van der Waals surface area contributed by atoms with Gasteiger partial charge in [-0.15, -0.1) is 0 Å². The van der Waals surface area contributed by atoms with Gasteiger partial charge in [-0.25, -0.2) is 0 Å². The predicted octanol–water partition coefficient (Wildman–Crippen LogP) is 18.9. The van der Waals surface area contributed by atoms with Gasteiger partial charge in [0.05, 0.1) is 11.4 Å². The molecule has 0 N–H and O–H groups in total. The number of para-hydroxylation sites is 2. The second-order valence-corrected chi connectivity index (χ2v) is 17.0. The van der Waals surface area contributed by atoms with Crippen molar-refractivity contribution in [3.8, 4) is 67.5 Å². The minimum Gasteiger partial charge on any atom is -0.457 e. The molecule has 0 bridgehead atoms. The first-order chi connectivity index (χ1) is 34.7. The van der Waals surface area contributed by atoms with Crippen LogP contribution in [0, 0.1) is 0 Å². The zero-order chi connectivity index (χ0) is 46.9. The van der Waals surface area contributed by atoms with E-state index in [9.17, 15) is 0 Å². The topological polar surface area (TPSA) is 24.9 Å². The molecule has 0 radical (unpaired) electrons. The standard InChI is InChI=1S/C66H48N2O2/c1-7-22-49(23-8-1)53-30-19-36-59(40-53)67(57-32-15-5-16-33-57)61-42-55(51-26-11-3-12-27-51)44-65(46-61)69-63-38-21-39-64(48-63)70-66-45-56(52-28-13-4-14-29-52)43-62(47-66)68(58-34-17-6-18-35-58)60-37-20-31-54(41-60)50-24-9-2-10-25-50/h1-48H. The van der Waals surface area contributed by atoms with E-state index in [0.717, 1.165) is 78.6 Å². The summed E-state index contributed by atoms with van der Waals surface area (Å²) in [6, 6.07) is 101.